The third-order valence-corrected chi connectivity index (χ3v) is 5.66. The Morgan fingerprint density at radius 2 is 1.62 bits per heavy atom. The summed E-state index contributed by atoms with van der Waals surface area (Å²) in [5.41, 5.74) is 1.68. The van der Waals surface area contributed by atoms with Crippen molar-refractivity contribution in [2.24, 2.45) is 0 Å². The summed E-state index contributed by atoms with van der Waals surface area (Å²) in [6.07, 6.45) is 3.41. The number of nitrogens with one attached hydrogen (secondary N) is 1. The van der Waals surface area contributed by atoms with E-state index in [4.69, 9.17) is 25.8 Å². The molecule has 186 valence electrons. The third kappa shape index (κ3) is 7.30. The van der Waals surface area contributed by atoms with Crippen LogP contribution in [0, 0.1) is 10.1 Å². The highest BCUT2D eigenvalue weighted by molar-refractivity contribution is 6.17. The fourth-order valence-electron chi connectivity index (χ4n) is 3.77. The normalized spacial score (nSPS) is 15.7. The molecule has 1 atom stereocenters. The number of dihydropyridines is 1. The van der Waals surface area contributed by atoms with Gasteiger partial charge in [-0.2, -0.15) is 0 Å². The van der Waals surface area contributed by atoms with E-state index in [1.165, 1.54) is 25.3 Å². The zero-order valence-electron chi connectivity index (χ0n) is 19.7. The van der Waals surface area contributed by atoms with E-state index >= 15 is 0 Å². The minimum atomic E-state index is -0.889. The maximum absolute atomic E-state index is 13.2. The van der Waals surface area contributed by atoms with Gasteiger partial charge in [0.1, 0.15) is 6.61 Å². The quantitative estimate of drug-likeness (QED) is 0.141. The number of benzene rings is 1. The summed E-state index contributed by atoms with van der Waals surface area (Å²) in [6, 6.07) is 5.88. The first-order valence-corrected chi connectivity index (χ1v) is 11.7. The van der Waals surface area contributed by atoms with Gasteiger partial charge in [-0.3, -0.25) is 10.1 Å². The highest BCUT2D eigenvalue weighted by Gasteiger charge is 2.38. The van der Waals surface area contributed by atoms with Gasteiger partial charge in [-0.25, -0.2) is 9.59 Å². The lowest BCUT2D eigenvalue weighted by molar-refractivity contribution is -0.384. The highest BCUT2D eigenvalue weighted by Crippen LogP contribution is 2.40. The van der Waals surface area contributed by atoms with Crippen LogP contribution in [0.25, 0.3) is 0 Å². The zero-order chi connectivity index (χ0) is 25.1. The molecule has 0 saturated carbocycles. The van der Waals surface area contributed by atoms with Gasteiger partial charge in [0.15, 0.2) is 0 Å². The van der Waals surface area contributed by atoms with Crippen LogP contribution in [-0.2, 0) is 23.8 Å². The van der Waals surface area contributed by atoms with Crippen LogP contribution in [0.2, 0.25) is 0 Å². The van der Waals surface area contributed by atoms with Crippen LogP contribution >= 0.6 is 11.6 Å². The summed E-state index contributed by atoms with van der Waals surface area (Å²) in [5.74, 6) is -1.52. The number of nitro groups is 1. The summed E-state index contributed by atoms with van der Waals surface area (Å²) in [4.78, 5) is 37.1. The number of hydrogen-bond donors (Lipinski definition) is 1. The maximum atomic E-state index is 13.2. The Morgan fingerprint density at radius 1 is 1.00 bits per heavy atom. The van der Waals surface area contributed by atoms with Crippen LogP contribution in [0.4, 0.5) is 5.69 Å². The Labute approximate surface area is 204 Å². The van der Waals surface area contributed by atoms with Gasteiger partial charge in [0, 0.05) is 36.5 Å². The molecular formula is C24H31ClN2O7. The molecule has 0 radical (unpaired) electrons. The summed E-state index contributed by atoms with van der Waals surface area (Å²) < 4.78 is 15.8. The van der Waals surface area contributed by atoms with Crippen LogP contribution in [0.3, 0.4) is 0 Å². The van der Waals surface area contributed by atoms with Crippen molar-refractivity contribution in [1.82, 2.24) is 5.32 Å². The van der Waals surface area contributed by atoms with Crippen LogP contribution in [-0.4, -0.2) is 49.7 Å². The molecule has 1 aromatic carbocycles. The third-order valence-electron chi connectivity index (χ3n) is 5.40. The summed E-state index contributed by atoms with van der Waals surface area (Å²) >= 11 is 5.69. The molecule has 2 rings (SSSR count). The predicted molar refractivity (Wildman–Crippen MR) is 127 cm³/mol. The van der Waals surface area contributed by atoms with E-state index in [0.29, 0.717) is 29.3 Å². The minimum Gasteiger partial charge on any atom is -0.462 e. The van der Waals surface area contributed by atoms with Crippen molar-refractivity contribution in [2.75, 3.05) is 32.8 Å². The SMILES string of the molecule is COCCOC(=O)C1=C(C)NC(C)=C(C(=O)OCCCCCCCl)C1c1cccc([N+](=O)[O-])c1. The van der Waals surface area contributed by atoms with Crippen molar-refractivity contribution < 1.29 is 28.7 Å². The van der Waals surface area contributed by atoms with Gasteiger partial charge in [0.25, 0.3) is 5.69 Å². The van der Waals surface area contributed by atoms with E-state index in [-0.39, 0.29) is 36.7 Å². The maximum Gasteiger partial charge on any atom is 0.336 e. The first-order valence-electron chi connectivity index (χ1n) is 11.1. The monoisotopic (exact) mass is 494 g/mol. The van der Waals surface area contributed by atoms with E-state index in [1.54, 1.807) is 19.9 Å². The Bertz CT molecular complexity index is 958. The first-order chi connectivity index (χ1) is 16.3. The number of nitrogens with zero attached hydrogens (tertiary/aromatic N) is 1. The smallest absolute Gasteiger partial charge is 0.336 e. The molecule has 1 aliphatic rings. The molecule has 1 unspecified atom stereocenters. The van der Waals surface area contributed by atoms with E-state index in [9.17, 15) is 19.7 Å². The lowest BCUT2D eigenvalue weighted by atomic mass is 9.80. The molecule has 0 saturated heterocycles. The number of halogens is 1. The van der Waals surface area contributed by atoms with Gasteiger partial charge >= 0.3 is 11.9 Å². The van der Waals surface area contributed by atoms with Crippen LogP contribution < -0.4 is 5.32 Å². The summed E-state index contributed by atoms with van der Waals surface area (Å²) in [6.45, 7) is 3.85. The number of unbranched alkanes of at least 4 members (excludes halogenated alkanes) is 3. The van der Waals surface area contributed by atoms with Gasteiger partial charge < -0.3 is 19.5 Å². The predicted octanol–water partition coefficient (Wildman–Crippen LogP) is 4.36. The number of alkyl halides is 1. The molecule has 0 aliphatic carbocycles. The second-order valence-corrected chi connectivity index (χ2v) is 8.23. The standard InChI is InChI=1S/C24H31ClN2O7/c1-16-20(23(28)33-12-7-5-4-6-11-25)22(18-9-8-10-19(15-18)27(30)31)21(17(2)26-16)24(29)34-14-13-32-3/h8-10,15,22,26H,4-7,11-14H2,1-3H3. The number of nitro benzene ring substituents is 1. The van der Waals surface area contributed by atoms with Crippen LogP contribution in [0.1, 0.15) is 51.0 Å². The Kier molecular flexibility index (Phi) is 11.0. The molecule has 9 nitrogen and oxygen atoms in total. The number of non-ortho nitro benzene ring substituents is 1. The van der Waals surface area contributed by atoms with Gasteiger partial charge in [0.05, 0.1) is 35.2 Å². The second-order valence-electron chi connectivity index (χ2n) is 7.86. The molecule has 1 aromatic rings. The molecule has 1 aliphatic heterocycles. The van der Waals surface area contributed by atoms with Gasteiger partial charge in [-0.05, 0) is 32.3 Å². The lowest BCUT2D eigenvalue weighted by Gasteiger charge is -2.30. The van der Waals surface area contributed by atoms with Crippen molar-refractivity contribution in [3.63, 3.8) is 0 Å². The molecule has 0 bridgehead atoms. The molecule has 1 heterocycles. The van der Waals surface area contributed by atoms with Gasteiger partial charge in [0.2, 0.25) is 0 Å². The average Bonchev–Trinajstić information content (AvgIpc) is 2.80. The van der Waals surface area contributed by atoms with Crippen molar-refractivity contribution in [3.8, 4) is 0 Å². The number of methoxy groups -OCH3 is 1. The van der Waals surface area contributed by atoms with Crippen LogP contribution in [0.5, 0.6) is 0 Å². The minimum absolute atomic E-state index is 0.0263. The van der Waals surface area contributed by atoms with Crippen molar-refractivity contribution in [1.29, 1.82) is 0 Å². The Hall–Kier alpha value is -2.91. The number of rotatable bonds is 13. The Balaban J connectivity index is 2.39. The molecular weight excluding hydrogens is 464 g/mol. The van der Waals surface area contributed by atoms with Gasteiger partial charge in [-0.15, -0.1) is 11.6 Å². The molecule has 10 heteroatoms. The molecule has 0 aromatic heterocycles. The van der Waals surface area contributed by atoms with E-state index in [0.717, 1.165) is 19.3 Å². The molecule has 0 spiro atoms. The van der Waals surface area contributed by atoms with Crippen molar-refractivity contribution in [2.45, 2.75) is 45.4 Å². The number of carbonyl (C=O) groups excluding carboxylic acids is 2. The van der Waals surface area contributed by atoms with E-state index < -0.39 is 22.8 Å². The molecule has 34 heavy (non-hydrogen) atoms. The van der Waals surface area contributed by atoms with Crippen molar-refractivity contribution >= 4 is 29.2 Å². The van der Waals surface area contributed by atoms with Crippen LogP contribution in [0.15, 0.2) is 46.8 Å². The topological polar surface area (TPSA) is 117 Å². The van der Waals surface area contributed by atoms with Gasteiger partial charge in [-0.1, -0.05) is 25.0 Å². The van der Waals surface area contributed by atoms with E-state index in [1.807, 2.05) is 0 Å². The number of ether oxygens (including phenoxy) is 3. The molecule has 0 amide bonds. The molecule has 1 N–H and O–H groups in total. The largest absolute Gasteiger partial charge is 0.462 e. The average molecular weight is 495 g/mol. The summed E-state index contributed by atoms with van der Waals surface area (Å²) in [7, 11) is 1.49. The fraction of sp³-hybridized carbons (Fsp3) is 0.500. The zero-order valence-corrected chi connectivity index (χ0v) is 20.5. The highest BCUT2D eigenvalue weighted by atomic mass is 35.5. The number of carbonyl (C=O) groups is 2. The number of esters is 2. The number of allylic oxidation sites excluding steroid dienone is 2. The molecule has 0 fully saturated rings. The Morgan fingerprint density at radius 3 is 2.21 bits per heavy atom. The van der Waals surface area contributed by atoms with Crippen molar-refractivity contribution in [3.05, 3.63) is 62.5 Å². The lowest BCUT2D eigenvalue weighted by Crippen LogP contribution is -2.33. The first kappa shape index (κ1) is 27.3. The van der Waals surface area contributed by atoms with E-state index in [2.05, 4.69) is 5.32 Å². The summed E-state index contributed by atoms with van der Waals surface area (Å²) in [5, 5.41) is 14.4. The fourth-order valence-corrected chi connectivity index (χ4v) is 3.96. The number of hydrogen-bond acceptors (Lipinski definition) is 8. The second kappa shape index (κ2) is 13.7.